The lowest BCUT2D eigenvalue weighted by molar-refractivity contribution is 0.0996. The van der Waals surface area contributed by atoms with E-state index in [4.69, 9.17) is 10.5 Å². The number of anilines is 1. The summed E-state index contributed by atoms with van der Waals surface area (Å²) in [5.74, 6) is -0.377. The fourth-order valence-corrected chi connectivity index (χ4v) is 3.98. The number of aromatic nitrogens is 2. The molecular weight excluding hydrogens is 343 g/mol. The number of primary amides is 1. The summed E-state index contributed by atoms with van der Waals surface area (Å²) in [6.45, 7) is 1.30. The Morgan fingerprint density at radius 3 is 2.96 bits per heavy atom. The lowest BCUT2D eigenvalue weighted by Crippen LogP contribution is -2.21. The zero-order valence-corrected chi connectivity index (χ0v) is 14.0. The molecule has 0 radical (unpaired) electrons. The number of hydrogen-bond acceptors (Lipinski definition) is 6. The first kappa shape index (κ1) is 15.9. The molecule has 8 heteroatoms. The maximum absolute atomic E-state index is 13.5. The van der Waals surface area contributed by atoms with Crippen LogP contribution in [0.2, 0.25) is 0 Å². The molecule has 0 spiro atoms. The number of thiophene rings is 1. The number of carbonyl (C=O) groups excluding carboxylic acids is 1. The van der Waals surface area contributed by atoms with Gasteiger partial charge < -0.3 is 15.8 Å². The van der Waals surface area contributed by atoms with Crippen LogP contribution in [-0.2, 0) is 4.74 Å². The van der Waals surface area contributed by atoms with E-state index in [2.05, 4.69) is 15.5 Å². The lowest BCUT2D eigenvalue weighted by atomic mass is 10.1. The van der Waals surface area contributed by atoms with Crippen molar-refractivity contribution in [2.45, 2.75) is 12.5 Å². The predicted octanol–water partition coefficient (Wildman–Crippen LogP) is 2.80. The van der Waals surface area contributed by atoms with Crippen molar-refractivity contribution in [3.8, 4) is 10.4 Å². The molecule has 3 aromatic rings. The van der Waals surface area contributed by atoms with Gasteiger partial charge in [0.05, 0.1) is 17.3 Å². The number of nitrogens with zero attached hydrogens (tertiary/aromatic N) is 2. The summed E-state index contributed by atoms with van der Waals surface area (Å²) < 4.78 is 19.6. The Balaban J connectivity index is 1.84. The van der Waals surface area contributed by atoms with Crippen molar-refractivity contribution in [1.82, 2.24) is 10.2 Å². The summed E-state index contributed by atoms with van der Waals surface area (Å²) >= 11 is 1.34. The van der Waals surface area contributed by atoms with Crippen LogP contribution in [0.1, 0.15) is 16.9 Å². The van der Waals surface area contributed by atoms with Crippen LogP contribution < -0.4 is 11.1 Å². The van der Waals surface area contributed by atoms with Crippen LogP contribution in [0.3, 0.4) is 0 Å². The maximum atomic E-state index is 13.5. The smallest absolute Gasteiger partial charge is 0.270 e. The monoisotopic (exact) mass is 358 g/mol. The minimum absolute atomic E-state index is 0.121. The number of nitrogens with two attached hydrogens (primary N) is 1. The van der Waals surface area contributed by atoms with Gasteiger partial charge >= 0.3 is 0 Å². The first-order valence-electron chi connectivity index (χ1n) is 7.82. The molecule has 1 aromatic carbocycles. The molecular formula is C17H15FN4O2S. The molecule has 1 fully saturated rings. The van der Waals surface area contributed by atoms with Crippen molar-refractivity contribution < 1.29 is 13.9 Å². The highest BCUT2D eigenvalue weighted by atomic mass is 32.1. The third kappa shape index (κ3) is 3.06. The van der Waals surface area contributed by atoms with Crippen molar-refractivity contribution in [2.24, 2.45) is 5.73 Å². The first-order valence-corrected chi connectivity index (χ1v) is 8.63. The molecule has 0 bridgehead atoms. The summed E-state index contributed by atoms with van der Waals surface area (Å²) in [5.41, 5.74) is 6.28. The molecule has 25 heavy (non-hydrogen) atoms. The molecule has 2 aromatic heterocycles. The van der Waals surface area contributed by atoms with Gasteiger partial charge in [0.1, 0.15) is 5.82 Å². The van der Waals surface area contributed by atoms with Crippen LogP contribution in [0, 0.1) is 5.82 Å². The molecule has 1 unspecified atom stereocenters. The van der Waals surface area contributed by atoms with Crippen LogP contribution in [0.25, 0.3) is 20.5 Å². The van der Waals surface area contributed by atoms with Crippen molar-refractivity contribution in [2.75, 3.05) is 18.5 Å². The zero-order chi connectivity index (χ0) is 17.4. The Labute approximate surface area is 146 Å². The molecule has 1 atom stereocenters. The van der Waals surface area contributed by atoms with Gasteiger partial charge in [0.25, 0.3) is 5.91 Å². The zero-order valence-electron chi connectivity index (χ0n) is 13.2. The standard InChI is InChI=1S/C17H15FN4O2S/c18-10-3-1-2-9(6-10)13-7-12-15(25-13)14(16(19)23)21-22-17(12)20-11-4-5-24-8-11/h1-3,6-7,11H,4-5,8H2,(H2,19,23)(H,20,22). The van der Waals surface area contributed by atoms with Gasteiger partial charge in [-0.2, -0.15) is 0 Å². The summed E-state index contributed by atoms with van der Waals surface area (Å²) in [6, 6.07) is 8.34. The fraction of sp³-hybridized carbons (Fsp3) is 0.235. The average Bonchev–Trinajstić information content (AvgIpc) is 3.24. The van der Waals surface area contributed by atoms with Gasteiger partial charge in [-0.15, -0.1) is 21.5 Å². The second kappa shape index (κ2) is 6.38. The highest BCUT2D eigenvalue weighted by Crippen LogP contribution is 2.38. The van der Waals surface area contributed by atoms with E-state index < -0.39 is 5.91 Å². The van der Waals surface area contributed by atoms with E-state index in [0.717, 1.165) is 22.2 Å². The SMILES string of the molecule is NC(=O)c1nnc(NC2CCOC2)c2cc(-c3cccc(F)c3)sc12. The molecule has 128 valence electrons. The number of rotatable bonds is 4. The Morgan fingerprint density at radius 2 is 2.24 bits per heavy atom. The number of nitrogens with one attached hydrogen (secondary N) is 1. The van der Waals surface area contributed by atoms with Crippen molar-refractivity contribution in [3.63, 3.8) is 0 Å². The Bertz CT molecular complexity index is 953. The van der Waals surface area contributed by atoms with Crippen LogP contribution in [-0.4, -0.2) is 35.4 Å². The molecule has 3 heterocycles. The van der Waals surface area contributed by atoms with Gasteiger partial charge in [0.2, 0.25) is 0 Å². The fourth-order valence-electron chi connectivity index (χ4n) is 2.84. The van der Waals surface area contributed by atoms with Gasteiger partial charge in [-0.3, -0.25) is 4.79 Å². The number of hydrogen-bond donors (Lipinski definition) is 2. The number of halogens is 1. The van der Waals surface area contributed by atoms with E-state index in [9.17, 15) is 9.18 Å². The van der Waals surface area contributed by atoms with Crippen molar-refractivity contribution >= 4 is 33.1 Å². The molecule has 1 aliphatic heterocycles. The highest BCUT2D eigenvalue weighted by molar-refractivity contribution is 7.22. The molecule has 0 aliphatic carbocycles. The van der Waals surface area contributed by atoms with Gasteiger partial charge in [-0.25, -0.2) is 4.39 Å². The largest absolute Gasteiger partial charge is 0.379 e. The Kier molecular flexibility index (Phi) is 4.06. The van der Waals surface area contributed by atoms with Crippen LogP contribution in [0.4, 0.5) is 10.2 Å². The topological polar surface area (TPSA) is 90.1 Å². The molecule has 0 saturated carbocycles. The van der Waals surface area contributed by atoms with E-state index in [1.165, 1.54) is 23.5 Å². The van der Waals surface area contributed by atoms with E-state index in [1.807, 2.05) is 12.1 Å². The molecule has 3 N–H and O–H groups in total. The second-order valence-electron chi connectivity index (χ2n) is 5.83. The third-order valence-electron chi connectivity index (χ3n) is 4.07. The van der Waals surface area contributed by atoms with Crippen LogP contribution in [0.5, 0.6) is 0 Å². The number of ether oxygens (including phenoxy) is 1. The number of benzene rings is 1. The molecule has 1 amide bonds. The molecule has 1 saturated heterocycles. The summed E-state index contributed by atoms with van der Waals surface area (Å²) in [6.07, 6.45) is 0.877. The number of amides is 1. The van der Waals surface area contributed by atoms with Gasteiger partial charge in [0.15, 0.2) is 11.5 Å². The van der Waals surface area contributed by atoms with Crippen molar-refractivity contribution in [3.05, 3.63) is 41.8 Å². The summed E-state index contributed by atoms with van der Waals surface area (Å²) in [4.78, 5) is 12.5. The minimum Gasteiger partial charge on any atom is -0.379 e. The van der Waals surface area contributed by atoms with Crippen molar-refractivity contribution in [1.29, 1.82) is 0 Å². The molecule has 1 aliphatic rings. The minimum atomic E-state index is -0.638. The lowest BCUT2D eigenvalue weighted by Gasteiger charge is -2.11. The Morgan fingerprint density at radius 1 is 1.36 bits per heavy atom. The first-order chi connectivity index (χ1) is 12.1. The van der Waals surface area contributed by atoms with Crippen LogP contribution in [0.15, 0.2) is 30.3 Å². The predicted molar refractivity (Wildman–Crippen MR) is 94.2 cm³/mol. The highest BCUT2D eigenvalue weighted by Gasteiger charge is 2.21. The van der Waals surface area contributed by atoms with Gasteiger partial charge in [-0.05, 0) is 30.2 Å². The summed E-state index contributed by atoms with van der Waals surface area (Å²) in [7, 11) is 0. The van der Waals surface area contributed by atoms with Gasteiger partial charge in [0, 0.05) is 16.9 Å². The van der Waals surface area contributed by atoms with Gasteiger partial charge in [-0.1, -0.05) is 12.1 Å². The normalized spacial score (nSPS) is 17.1. The number of carbonyl (C=O) groups is 1. The maximum Gasteiger partial charge on any atom is 0.270 e. The van der Waals surface area contributed by atoms with E-state index >= 15 is 0 Å². The van der Waals surface area contributed by atoms with E-state index in [0.29, 0.717) is 23.7 Å². The quantitative estimate of drug-likeness (QED) is 0.748. The number of fused-ring (bicyclic) bond motifs is 1. The van der Waals surface area contributed by atoms with E-state index in [-0.39, 0.29) is 17.6 Å². The Hall–Kier alpha value is -2.58. The average molecular weight is 358 g/mol. The van der Waals surface area contributed by atoms with Crippen LogP contribution >= 0.6 is 11.3 Å². The molecule has 6 nitrogen and oxygen atoms in total. The second-order valence-corrected chi connectivity index (χ2v) is 6.88. The molecule has 4 rings (SSSR count). The summed E-state index contributed by atoms with van der Waals surface area (Å²) in [5, 5.41) is 12.2. The third-order valence-corrected chi connectivity index (χ3v) is 5.26. The van der Waals surface area contributed by atoms with E-state index in [1.54, 1.807) is 6.07 Å².